The first-order chi connectivity index (χ1) is 8.02. The van der Waals surface area contributed by atoms with Crippen molar-refractivity contribution in [1.82, 2.24) is 4.98 Å². The summed E-state index contributed by atoms with van der Waals surface area (Å²) in [5.74, 6) is -1.90. The maximum atomic E-state index is 13.1. The van der Waals surface area contributed by atoms with Crippen molar-refractivity contribution in [2.24, 2.45) is 0 Å². The van der Waals surface area contributed by atoms with E-state index in [4.69, 9.17) is 11.6 Å². The summed E-state index contributed by atoms with van der Waals surface area (Å²) >= 11 is 5.84. The van der Waals surface area contributed by atoms with Crippen LogP contribution in [-0.2, 0) is 0 Å². The van der Waals surface area contributed by atoms with E-state index >= 15 is 0 Å². The summed E-state index contributed by atoms with van der Waals surface area (Å²) in [6.07, 6.45) is -0.269. The van der Waals surface area contributed by atoms with Crippen LogP contribution in [0, 0.1) is 0 Å². The van der Waals surface area contributed by atoms with Crippen LogP contribution >= 0.6 is 11.6 Å². The molecule has 0 radical (unpaired) electrons. The van der Waals surface area contributed by atoms with Crippen molar-refractivity contribution in [3.05, 3.63) is 17.3 Å². The second kappa shape index (κ2) is 4.64. The molecule has 1 aromatic rings. The van der Waals surface area contributed by atoms with Crippen LogP contribution in [0.5, 0.6) is 0 Å². The Labute approximate surface area is 104 Å². The minimum Gasteiger partial charge on any atom is -0.385 e. The molecule has 3 nitrogen and oxygen atoms in total. The number of piperidine rings is 1. The maximum Gasteiger partial charge on any atom is 0.251 e. The first-order valence-electron chi connectivity index (χ1n) is 5.49. The van der Waals surface area contributed by atoms with Gasteiger partial charge in [0, 0.05) is 33.0 Å². The van der Waals surface area contributed by atoms with E-state index in [1.54, 1.807) is 19.2 Å². The van der Waals surface area contributed by atoms with Gasteiger partial charge in [0.05, 0.1) is 5.69 Å². The third-order valence-corrected chi connectivity index (χ3v) is 3.12. The zero-order chi connectivity index (χ0) is 12.5. The van der Waals surface area contributed by atoms with Gasteiger partial charge < -0.3 is 10.2 Å². The van der Waals surface area contributed by atoms with Crippen LogP contribution < -0.4 is 10.2 Å². The fraction of sp³-hybridized carbons (Fsp3) is 0.545. The van der Waals surface area contributed by atoms with Gasteiger partial charge in [0.2, 0.25) is 0 Å². The monoisotopic (exact) mass is 261 g/mol. The molecule has 0 bridgehead atoms. The highest BCUT2D eigenvalue weighted by Gasteiger charge is 2.34. The Balaban J connectivity index is 2.20. The molecule has 1 aliphatic heterocycles. The number of aromatic nitrogens is 1. The minimum absolute atomic E-state index is 0.135. The number of hydrogen-bond acceptors (Lipinski definition) is 3. The lowest BCUT2D eigenvalue weighted by Crippen LogP contribution is -2.40. The Kier molecular flexibility index (Phi) is 3.38. The Morgan fingerprint density at radius 2 is 2.00 bits per heavy atom. The van der Waals surface area contributed by atoms with Crippen molar-refractivity contribution in [1.29, 1.82) is 0 Å². The van der Waals surface area contributed by atoms with Crippen molar-refractivity contribution in [2.75, 3.05) is 30.4 Å². The summed E-state index contributed by atoms with van der Waals surface area (Å²) in [7, 11) is 1.77. The molecule has 2 heterocycles. The smallest absolute Gasteiger partial charge is 0.251 e. The van der Waals surface area contributed by atoms with Crippen LogP contribution in [0.25, 0.3) is 0 Å². The number of alkyl halides is 2. The molecule has 0 aliphatic carbocycles. The molecule has 0 spiro atoms. The van der Waals surface area contributed by atoms with Crippen molar-refractivity contribution >= 4 is 23.1 Å². The zero-order valence-electron chi connectivity index (χ0n) is 9.51. The third kappa shape index (κ3) is 2.77. The van der Waals surface area contributed by atoms with E-state index in [1.165, 1.54) is 0 Å². The van der Waals surface area contributed by atoms with Gasteiger partial charge in [-0.15, -0.1) is 0 Å². The average Bonchev–Trinajstić information content (AvgIpc) is 2.29. The molecule has 94 valence electrons. The van der Waals surface area contributed by atoms with E-state index in [9.17, 15) is 8.78 Å². The highest BCUT2D eigenvalue weighted by Crippen LogP contribution is 2.33. The first-order valence-corrected chi connectivity index (χ1v) is 5.87. The fourth-order valence-corrected chi connectivity index (χ4v) is 2.05. The lowest BCUT2D eigenvalue weighted by Gasteiger charge is -2.33. The van der Waals surface area contributed by atoms with Crippen LogP contribution in [-0.4, -0.2) is 31.0 Å². The molecular formula is C11H14ClF2N3. The van der Waals surface area contributed by atoms with Gasteiger partial charge in [-0.25, -0.2) is 13.8 Å². The topological polar surface area (TPSA) is 28.2 Å². The molecule has 1 N–H and O–H groups in total. The minimum atomic E-state index is -2.55. The quantitative estimate of drug-likeness (QED) is 0.830. The Morgan fingerprint density at radius 1 is 1.35 bits per heavy atom. The second-order valence-corrected chi connectivity index (χ2v) is 4.49. The van der Waals surface area contributed by atoms with E-state index in [0.717, 1.165) is 5.69 Å². The van der Waals surface area contributed by atoms with Gasteiger partial charge in [0.1, 0.15) is 5.15 Å². The number of anilines is 2. The lowest BCUT2D eigenvalue weighted by molar-refractivity contribution is -0.0221. The van der Waals surface area contributed by atoms with Gasteiger partial charge in [-0.05, 0) is 12.1 Å². The van der Waals surface area contributed by atoms with Crippen molar-refractivity contribution < 1.29 is 8.78 Å². The Bertz CT molecular complexity index is 402. The highest BCUT2D eigenvalue weighted by molar-refractivity contribution is 6.29. The normalized spacial score (nSPS) is 19.2. The summed E-state index contributed by atoms with van der Waals surface area (Å²) in [6.45, 7) is 0.601. The largest absolute Gasteiger partial charge is 0.385 e. The molecule has 0 atom stereocenters. The van der Waals surface area contributed by atoms with Crippen LogP contribution in [0.15, 0.2) is 12.1 Å². The molecule has 1 aromatic heterocycles. The van der Waals surface area contributed by atoms with E-state index < -0.39 is 5.92 Å². The number of nitrogens with one attached hydrogen (secondary N) is 1. The van der Waals surface area contributed by atoms with Gasteiger partial charge in [0.25, 0.3) is 5.92 Å². The molecule has 2 rings (SSSR count). The van der Waals surface area contributed by atoms with E-state index in [1.807, 2.05) is 4.90 Å². The zero-order valence-corrected chi connectivity index (χ0v) is 10.3. The summed E-state index contributed by atoms with van der Waals surface area (Å²) in [5.41, 5.74) is 0.805. The number of rotatable bonds is 2. The van der Waals surface area contributed by atoms with Crippen LogP contribution in [0.3, 0.4) is 0 Å². The van der Waals surface area contributed by atoms with Crippen LogP contribution in [0.1, 0.15) is 12.8 Å². The highest BCUT2D eigenvalue weighted by atomic mass is 35.5. The molecule has 6 heteroatoms. The molecule has 0 unspecified atom stereocenters. The molecule has 1 fully saturated rings. The SMILES string of the molecule is CNc1ccc(Cl)nc1N1CCC(F)(F)CC1. The van der Waals surface area contributed by atoms with Crippen LogP contribution in [0.4, 0.5) is 20.3 Å². The number of hydrogen-bond donors (Lipinski definition) is 1. The number of nitrogens with zero attached hydrogens (tertiary/aromatic N) is 2. The van der Waals surface area contributed by atoms with E-state index in [0.29, 0.717) is 24.1 Å². The van der Waals surface area contributed by atoms with E-state index in [2.05, 4.69) is 10.3 Å². The maximum absolute atomic E-state index is 13.1. The molecule has 17 heavy (non-hydrogen) atoms. The fourth-order valence-electron chi connectivity index (χ4n) is 1.91. The summed E-state index contributed by atoms with van der Waals surface area (Å²) in [4.78, 5) is 6.04. The molecular weight excluding hydrogens is 248 g/mol. The number of halogens is 3. The molecule has 1 saturated heterocycles. The molecule has 0 aromatic carbocycles. The van der Waals surface area contributed by atoms with Gasteiger partial charge in [-0.3, -0.25) is 0 Å². The van der Waals surface area contributed by atoms with Crippen LogP contribution in [0.2, 0.25) is 5.15 Å². The van der Waals surface area contributed by atoms with Gasteiger partial charge in [0.15, 0.2) is 5.82 Å². The van der Waals surface area contributed by atoms with Gasteiger partial charge >= 0.3 is 0 Å². The summed E-state index contributed by atoms with van der Waals surface area (Å²) in [5, 5.41) is 3.36. The Hall–Kier alpha value is -1.10. The molecule has 0 amide bonds. The molecule has 0 saturated carbocycles. The van der Waals surface area contributed by atoms with E-state index in [-0.39, 0.29) is 12.8 Å². The van der Waals surface area contributed by atoms with Crippen molar-refractivity contribution in [3.63, 3.8) is 0 Å². The third-order valence-electron chi connectivity index (χ3n) is 2.90. The second-order valence-electron chi connectivity index (χ2n) is 4.10. The lowest BCUT2D eigenvalue weighted by atomic mass is 10.1. The predicted octanol–water partition coefficient (Wildman–Crippen LogP) is 3.01. The van der Waals surface area contributed by atoms with Gasteiger partial charge in [-0.2, -0.15) is 0 Å². The summed E-state index contributed by atoms with van der Waals surface area (Å²) in [6, 6.07) is 3.48. The van der Waals surface area contributed by atoms with Gasteiger partial charge in [-0.1, -0.05) is 11.6 Å². The standard InChI is InChI=1S/C11H14ClF2N3/c1-15-8-2-3-9(12)16-10(8)17-6-4-11(13,14)5-7-17/h2-3,15H,4-7H2,1H3. The van der Waals surface area contributed by atoms with Crippen molar-refractivity contribution in [2.45, 2.75) is 18.8 Å². The van der Waals surface area contributed by atoms with Crippen molar-refractivity contribution in [3.8, 4) is 0 Å². The average molecular weight is 262 g/mol. The predicted molar refractivity (Wildman–Crippen MR) is 65.2 cm³/mol. The molecule has 1 aliphatic rings. The first kappa shape index (κ1) is 12.4. The number of pyridine rings is 1. The summed E-state index contributed by atoms with van der Waals surface area (Å²) < 4.78 is 26.1. The Morgan fingerprint density at radius 3 is 2.59 bits per heavy atom.